The number of carbonyl (C=O) groups excluding carboxylic acids is 1. The Morgan fingerprint density at radius 3 is 2.67 bits per heavy atom. The summed E-state index contributed by atoms with van der Waals surface area (Å²) in [5.41, 5.74) is 3.12. The maximum Gasteiger partial charge on any atom is 0.255 e. The number of pyridine rings is 1. The zero-order valence-electron chi connectivity index (χ0n) is 16.2. The number of halogens is 2. The molecule has 152 valence electrons. The van der Waals surface area contributed by atoms with Crippen molar-refractivity contribution in [2.45, 2.75) is 20.4 Å². The Morgan fingerprint density at radius 1 is 1.17 bits per heavy atom. The number of hydrogen-bond donors (Lipinski definition) is 1. The highest BCUT2D eigenvalue weighted by molar-refractivity contribution is 7.09. The molecule has 1 amide bonds. The molecule has 0 aliphatic heterocycles. The van der Waals surface area contributed by atoms with Gasteiger partial charge < -0.3 is 5.32 Å². The number of nitrogens with one attached hydrogen (secondary N) is 1. The Labute approximate surface area is 175 Å². The molecule has 1 aromatic carbocycles. The predicted octanol–water partition coefficient (Wildman–Crippen LogP) is 4.22. The van der Waals surface area contributed by atoms with E-state index in [9.17, 15) is 13.6 Å². The van der Waals surface area contributed by atoms with E-state index in [0.29, 0.717) is 17.0 Å². The van der Waals surface area contributed by atoms with E-state index < -0.39 is 11.6 Å². The van der Waals surface area contributed by atoms with Crippen molar-refractivity contribution >= 4 is 17.2 Å². The van der Waals surface area contributed by atoms with E-state index in [4.69, 9.17) is 0 Å². The van der Waals surface area contributed by atoms with E-state index in [1.54, 1.807) is 26.2 Å². The van der Waals surface area contributed by atoms with E-state index in [-0.39, 0.29) is 18.1 Å². The summed E-state index contributed by atoms with van der Waals surface area (Å²) in [6, 6.07) is 6.97. The fourth-order valence-electron chi connectivity index (χ4n) is 3.15. The van der Waals surface area contributed by atoms with Gasteiger partial charge in [-0.05, 0) is 38.1 Å². The number of benzene rings is 1. The lowest BCUT2D eigenvalue weighted by Gasteiger charge is -2.07. The van der Waals surface area contributed by atoms with Gasteiger partial charge in [0.2, 0.25) is 0 Å². The first-order valence-corrected chi connectivity index (χ1v) is 9.96. The van der Waals surface area contributed by atoms with Crippen molar-refractivity contribution in [2.75, 3.05) is 0 Å². The van der Waals surface area contributed by atoms with Crippen LogP contribution in [0.2, 0.25) is 0 Å². The quantitative estimate of drug-likeness (QED) is 0.520. The molecule has 0 bridgehead atoms. The summed E-state index contributed by atoms with van der Waals surface area (Å²) in [6.45, 7) is 3.59. The monoisotopic (exact) mass is 425 g/mol. The third-order valence-electron chi connectivity index (χ3n) is 4.58. The molecule has 30 heavy (non-hydrogen) atoms. The molecule has 1 N–H and O–H groups in total. The molecule has 4 rings (SSSR count). The molecule has 0 saturated heterocycles. The molecular weight excluding hydrogens is 408 g/mol. The van der Waals surface area contributed by atoms with Crippen LogP contribution < -0.4 is 5.32 Å². The van der Waals surface area contributed by atoms with Gasteiger partial charge >= 0.3 is 0 Å². The second-order valence-corrected chi connectivity index (χ2v) is 7.54. The first-order valence-electron chi connectivity index (χ1n) is 9.08. The highest BCUT2D eigenvalue weighted by Gasteiger charge is 2.21. The Bertz CT molecular complexity index is 1220. The molecule has 0 spiro atoms. The molecule has 0 saturated carbocycles. The van der Waals surface area contributed by atoms with E-state index >= 15 is 0 Å². The predicted molar refractivity (Wildman–Crippen MR) is 109 cm³/mol. The second-order valence-electron chi connectivity index (χ2n) is 6.60. The van der Waals surface area contributed by atoms with Crippen molar-refractivity contribution in [3.05, 3.63) is 81.7 Å². The van der Waals surface area contributed by atoms with Gasteiger partial charge in [0.05, 0.1) is 29.2 Å². The van der Waals surface area contributed by atoms with E-state index in [2.05, 4.69) is 20.4 Å². The smallest absolute Gasteiger partial charge is 0.255 e. The molecule has 9 heteroatoms. The third-order valence-corrected chi connectivity index (χ3v) is 5.43. The zero-order chi connectivity index (χ0) is 21.3. The molecule has 3 aromatic heterocycles. The minimum atomic E-state index is -0.751. The van der Waals surface area contributed by atoms with Gasteiger partial charge in [0.25, 0.3) is 5.91 Å². The molecule has 4 aromatic rings. The summed E-state index contributed by atoms with van der Waals surface area (Å²) in [6.07, 6.45) is 3.40. The SMILES string of the molecule is Cc1nn(-c2ccc(F)cc2F)c(C)c1C(=O)NCc1nc(-c2ccncc2)cs1. The summed E-state index contributed by atoms with van der Waals surface area (Å²) >= 11 is 1.44. The van der Waals surface area contributed by atoms with Crippen LogP contribution in [-0.2, 0) is 6.54 Å². The van der Waals surface area contributed by atoms with Crippen molar-refractivity contribution in [3.8, 4) is 16.9 Å². The van der Waals surface area contributed by atoms with E-state index in [1.165, 1.54) is 22.1 Å². The van der Waals surface area contributed by atoms with Crippen LogP contribution in [0.4, 0.5) is 8.78 Å². The fourth-order valence-corrected chi connectivity index (χ4v) is 3.89. The van der Waals surface area contributed by atoms with Gasteiger partial charge in [0, 0.05) is 29.4 Å². The summed E-state index contributed by atoms with van der Waals surface area (Å²) < 4.78 is 28.7. The number of aryl methyl sites for hydroxylation is 1. The molecule has 0 unspecified atom stereocenters. The van der Waals surface area contributed by atoms with Crippen LogP contribution in [0, 0.1) is 25.5 Å². The van der Waals surface area contributed by atoms with Crippen LogP contribution in [0.1, 0.15) is 26.8 Å². The molecule has 0 radical (unpaired) electrons. The average molecular weight is 425 g/mol. The number of amides is 1. The van der Waals surface area contributed by atoms with Gasteiger partial charge in [-0.15, -0.1) is 11.3 Å². The lowest BCUT2D eigenvalue weighted by atomic mass is 10.2. The number of nitrogens with zero attached hydrogens (tertiary/aromatic N) is 4. The average Bonchev–Trinajstić information content (AvgIpc) is 3.31. The first-order chi connectivity index (χ1) is 14.4. The highest BCUT2D eigenvalue weighted by atomic mass is 32.1. The lowest BCUT2D eigenvalue weighted by Crippen LogP contribution is -2.24. The topological polar surface area (TPSA) is 72.7 Å². The Morgan fingerprint density at radius 2 is 1.93 bits per heavy atom. The molecule has 0 aliphatic rings. The summed E-state index contributed by atoms with van der Waals surface area (Å²) in [5.74, 6) is -1.76. The fraction of sp³-hybridized carbons (Fsp3) is 0.143. The Kier molecular flexibility index (Phi) is 5.37. The molecule has 6 nitrogen and oxygen atoms in total. The summed E-state index contributed by atoms with van der Waals surface area (Å²) in [4.78, 5) is 21.3. The normalized spacial score (nSPS) is 10.9. The molecule has 0 aliphatic carbocycles. The van der Waals surface area contributed by atoms with Gasteiger partial charge in [0.1, 0.15) is 16.5 Å². The van der Waals surface area contributed by atoms with Crippen LogP contribution in [-0.4, -0.2) is 25.7 Å². The summed E-state index contributed by atoms with van der Waals surface area (Å²) in [5, 5.41) is 9.78. The minimum Gasteiger partial charge on any atom is -0.345 e. The van der Waals surface area contributed by atoms with Crippen LogP contribution in [0.25, 0.3) is 16.9 Å². The van der Waals surface area contributed by atoms with E-state index in [1.807, 2.05) is 17.5 Å². The van der Waals surface area contributed by atoms with E-state index in [0.717, 1.165) is 28.4 Å². The maximum atomic E-state index is 14.2. The number of carbonyl (C=O) groups is 1. The van der Waals surface area contributed by atoms with Crippen molar-refractivity contribution in [1.29, 1.82) is 0 Å². The standard InChI is InChI=1S/C21H17F2N5OS/c1-12-20(13(2)28(27-12)18-4-3-15(22)9-16(18)23)21(29)25-10-19-26-17(11-30-19)14-5-7-24-8-6-14/h3-9,11H,10H2,1-2H3,(H,25,29). The van der Waals surface area contributed by atoms with Crippen LogP contribution in [0.5, 0.6) is 0 Å². The van der Waals surface area contributed by atoms with Gasteiger partial charge in [0.15, 0.2) is 5.82 Å². The minimum absolute atomic E-state index is 0.0815. The third kappa shape index (κ3) is 3.84. The van der Waals surface area contributed by atoms with Gasteiger partial charge in [-0.25, -0.2) is 18.4 Å². The number of aromatic nitrogens is 4. The van der Waals surface area contributed by atoms with Crippen LogP contribution in [0.15, 0.2) is 48.1 Å². The van der Waals surface area contributed by atoms with Crippen molar-refractivity contribution in [1.82, 2.24) is 25.1 Å². The Hall–Kier alpha value is -3.46. The number of thiazole rings is 1. The van der Waals surface area contributed by atoms with Crippen LogP contribution >= 0.6 is 11.3 Å². The second kappa shape index (κ2) is 8.11. The molecule has 0 atom stereocenters. The number of hydrogen-bond acceptors (Lipinski definition) is 5. The van der Waals surface area contributed by atoms with Gasteiger partial charge in [-0.3, -0.25) is 9.78 Å². The molecule has 3 heterocycles. The summed E-state index contributed by atoms with van der Waals surface area (Å²) in [7, 11) is 0. The number of rotatable bonds is 5. The maximum absolute atomic E-state index is 14.2. The first kappa shape index (κ1) is 19.8. The molecular formula is C21H17F2N5OS. The highest BCUT2D eigenvalue weighted by Crippen LogP contribution is 2.23. The van der Waals surface area contributed by atoms with Crippen molar-refractivity contribution in [2.24, 2.45) is 0 Å². The Balaban J connectivity index is 1.52. The van der Waals surface area contributed by atoms with Crippen molar-refractivity contribution in [3.63, 3.8) is 0 Å². The van der Waals surface area contributed by atoms with Crippen LogP contribution in [0.3, 0.4) is 0 Å². The lowest BCUT2D eigenvalue weighted by molar-refractivity contribution is 0.0949. The zero-order valence-corrected chi connectivity index (χ0v) is 17.0. The largest absolute Gasteiger partial charge is 0.345 e. The van der Waals surface area contributed by atoms with Gasteiger partial charge in [-0.2, -0.15) is 5.10 Å². The van der Waals surface area contributed by atoms with Gasteiger partial charge in [-0.1, -0.05) is 0 Å². The molecule has 0 fully saturated rings. The van der Waals surface area contributed by atoms with Crippen molar-refractivity contribution < 1.29 is 13.6 Å².